The van der Waals surface area contributed by atoms with Gasteiger partial charge in [0.2, 0.25) is 0 Å². The Hall–Kier alpha value is -3.91. The molecule has 0 N–H and O–H groups in total. The molecule has 158 valence electrons. The maximum atomic E-state index is 14.7. The van der Waals surface area contributed by atoms with Gasteiger partial charge >= 0.3 is 0 Å². The van der Waals surface area contributed by atoms with Crippen molar-refractivity contribution in [1.29, 1.82) is 0 Å². The van der Waals surface area contributed by atoms with Crippen LogP contribution in [0.25, 0.3) is 22.3 Å². The van der Waals surface area contributed by atoms with Crippen LogP contribution in [0.4, 0.5) is 22.0 Å². The minimum absolute atomic E-state index is 0.108. The summed E-state index contributed by atoms with van der Waals surface area (Å²) in [5, 5.41) is 0. The predicted molar refractivity (Wildman–Crippen MR) is 114 cm³/mol. The highest BCUT2D eigenvalue weighted by molar-refractivity contribution is 5.67. The summed E-state index contributed by atoms with van der Waals surface area (Å²) >= 11 is 0. The van der Waals surface area contributed by atoms with Gasteiger partial charge in [0.15, 0.2) is 17.5 Å². The van der Waals surface area contributed by atoms with Gasteiger partial charge in [-0.05, 0) is 65.6 Å². The third-order valence-corrected chi connectivity index (χ3v) is 4.99. The van der Waals surface area contributed by atoms with Crippen molar-refractivity contribution in [3.8, 4) is 34.1 Å². The number of benzene rings is 4. The Labute approximate surface area is 182 Å². The minimum atomic E-state index is -1.62. The molecule has 0 nitrogen and oxygen atoms in total. The normalized spacial score (nSPS) is 10.6. The lowest BCUT2D eigenvalue weighted by Gasteiger charge is -2.07. The van der Waals surface area contributed by atoms with Crippen molar-refractivity contribution in [2.45, 2.75) is 6.92 Å². The van der Waals surface area contributed by atoms with Gasteiger partial charge in [-0.2, -0.15) is 0 Å². The van der Waals surface area contributed by atoms with Crippen LogP contribution in [0.5, 0.6) is 0 Å². The van der Waals surface area contributed by atoms with Crippen molar-refractivity contribution >= 4 is 0 Å². The second-order valence-electron chi connectivity index (χ2n) is 7.21. The van der Waals surface area contributed by atoms with E-state index in [1.54, 1.807) is 6.92 Å². The smallest absolute Gasteiger partial charge is 0.194 e. The molecule has 4 aromatic rings. The van der Waals surface area contributed by atoms with Gasteiger partial charge < -0.3 is 0 Å². The van der Waals surface area contributed by atoms with Gasteiger partial charge in [-0.15, -0.1) is 0 Å². The molecule has 0 aliphatic rings. The zero-order valence-corrected chi connectivity index (χ0v) is 16.8. The SMILES string of the molecule is Cc1cc(-c2ccccc2)cc(F)c1C#Cc1ccc(-c2cc(F)c(F)c(F)c2)c(F)c1. The van der Waals surface area contributed by atoms with E-state index < -0.39 is 29.1 Å². The monoisotopic (exact) mass is 434 g/mol. The van der Waals surface area contributed by atoms with Gasteiger partial charge in [-0.25, -0.2) is 22.0 Å². The molecule has 0 aliphatic heterocycles. The van der Waals surface area contributed by atoms with Crippen molar-refractivity contribution < 1.29 is 22.0 Å². The summed E-state index contributed by atoms with van der Waals surface area (Å²) in [5.74, 6) is -0.282. The van der Waals surface area contributed by atoms with E-state index >= 15 is 0 Å². The van der Waals surface area contributed by atoms with Gasteiger partial charge in [0.05, 0.1) is 5.56 Å². The second kappa shape index (κ2) is 8.68. The molecule has 32 heavy (non-hydrogen) atoms. The maximum absolute atomic E-state index is 14.7. The number of hydrogen-bond donors (Lipinski definition) is 0. The molecule has 0 radical (unpaired) electrons. The highest BCUT2D eigenvalue weighted by atomic mass is 19.2. The van der Waals surface area contributed by atoms with Crippen LogP contribution < -0.4 is 0 Å². The summed E-state index contributed by atoms with van der Waals surface area (Å²) in [6.45, 7) is 1.74. The van der Waals surface area contributed by atoms with Crippen molar-refractivity contribution in [3.63, 3.8) is 0 Å². The summed E-state index contributed by atoms with van der Waals surface area (Å²) in [5.41, 5.74) is 2.42. The van der Waals surface area contributed by atoms with E-state index in [0.717, 1.165) is 29.3 Å². The fourth-order valence-electron chi connectivity index (χ4n) is 3.37. The molecule has 5 heteroatoms. The van der Waals surface area contributed by atoms with E-state index in [2.05, 4.69) is 11.8 Å². The molecular formula is C27H15F5. The largest absolute Gasteiger partial charge is 0.206 e. The third kappa shape index (κ3) is 4.26. The summed E-state index contributed by atoms with van der Waals surface area (Å²) in [7, 11) is 0. The molecule has 0 aromatic heterocycles. The standard InChI is InChI=1S/C27H15F5/c1-16-11-19(18-5-3-2-4-6-18)13-24(29)21(16)9-7-17-8-10-22(23(28)12-17)20-14-25(30)27(32)26(31)15-20/h2-6,8,10-15H,1H3. The summed E-state index contributed by atoms with van der Waals surface area (Å²) in [4.78, 5) is 0. The first-order valence-corrected chi connectivity index (χ1v) is 9.65. The van der Waals surface area contributed by atoms with Crippen LogP contribution in [0.2, 0.25) is 0 Å². The number of hydrogen-bond acceptors (Lipinski definition) is 0. The Bertz CT molecular complexity index is 1330. The molecule has 0 fully saturated rings. The Kier molecular flexibility index (Phi) is 5.79. The lowest BCUT2D eigenvalue weighted by molar-refractivity contribution is 0.447. The van der Waals surface area contributed by atoms with Crippen molar-refractivity contribution in [3.05, 3.63) is 119 Å². The van der Waals surface area contributed by atoms with E-state index in [1.165, 1.54) is 18.2 Å². The van der Waals surface area contributed by atoms with Crippen molar-refractivity contribution in [2.24, 2.45) is 0 Å². The van der Waals surface area contributed by atoms with Crippen molar-refractivity contribution in [2.75, 3.05) is 0 Å². The van der Waals surface area contributed by atoms with Crippen molar-refractivity contribution in [1.82, 2.24) is 0 Å². The van der Waals surface area contributed by atoms with E-state index in [1.807, 2.05) is 36.4 Å². The average molecular weight is 434 g/mol. The summed E-state index contributed by atoms with van der Waals surface area (Å²) in [6, 6.07) is 17.8. The number of halogens is 5. The van der Waals surface area contributed by atoms with Gasteiger partial charge in [-0.3, -0.25) is 0 Å². The number of aryl methyl sites for hydroxylation is 1. The summed E-state index contributed by atoms with van der Waals surface area (Å²) in [6.07, 6.45) is 0. The Morgan fingerprint density at radius 3 is 1.84 bits per heavy atom. The van der Waals surface area contributed by atoms with Crippen LogP contribution >= 0.6 is 0 Å². The molecule has 0 saturated carbocycles. The first-order chi connectivity index (χ1) is 15.3. The molecule has 0 heterocycles. The number of rotatable bonds is 2. The highest BCUT2D eigenvalue weighted by Gasteiger charge is 2.14. The average Bonchev–Trinajstić information content (AvgIpc) is 2.77. The molecule has 0 spiro atoms. The lowest BCUT2D eigenvalue weighted by Crippen LogP contribution is -1.94. The third-order valence-electron chi connectivity index (χ3n) is 4.99. The zero-order chi connectivity index (χ0) is 22.8. The van der Waals surface area contributed by atoms with Crippen LogP contribution in [0.3, 0.4) is 0 Å². The molecule has 0 unspecified atom stereocenters. The molecule has 0 saturated heterocycles. The molecule has 0 aliphatic carbocycles. The lowest BCUT2D eigenvalue weighted by atomic mass is 9.99. The first-order valence-electron chi connectivity index (χ1n) is 9.65. The van der Waals surface area contributed by atoms with Gasteiger partial charge in [-0.1, -0.05) is 48.2 Å². The maximum Gasteiger partial charge on any atom is 0.194 e. The zero-order valence-electron chi connectivity index (χ0n) is 16.8. The molecular weight excluding hydrogens is 419 g/mol. The first kappa shape index (κ1) is 21.3. The van der Waals surface area contributed by atoms with Crippen LogP contribution in [-0.4, -0.2) is 0 Å². The molecule has 4 rings (SSSR count). The highest BCUT2D eigenvalue weighted by Crippen LogP contribution is 2.27. The van der Waals surface area contributed by atoms with E-state index in [-0.39, 0.29) is 22.3 Å². The molecule has 4 aromatic carbocycles. The Morgan fingerprint density at radius 2 is 1.22 bits per heavy atom. The van der Waals surface area contributed by atoms with Crippen LogP contribution in [-0.2, 0) is 0 Å². The quantitative estimate of drug-likeness (QED) is 0.175. The van der Waals surface area contributed by atoms with Crippen LogP contribution in [0.15, 0.2) is 72.8 Å². The Balaban J connectivity index is 1.65. The fraction of sp³-hybridized carbons (Fsp3) is 0.0370. The minimum Gasteiger partial charge on any atom is -0.206 e. The van der Waals surface area contributed by atoms with Gasteiger partial charge in [0, 0.05) is 11.1 Å². The topological polar surface area (TPSA) is 0 Å². The van der Waals surface area contributed by atoms with E-state index in [0.29, 0.717) is 5.56 Å². The van der Waals surface area contributed by atoms with Crippen LogP contribution in [0, 0.1) is 47.9 Å². The second-order valence-corrected chi connectivity index (χ2v) is 7.21. The molecule has 0 atom stereocenters. The van der Waals surface area contributed by atoms with E-state index in [4.69, 9.17) is 0 Å². The van der Waals surface area contributed by atoms with Gasteiger partial charge in [0.25, 0.3) is 0 Å². The van der Waals surface area contributed by atoms with E-state index in [9.17, 15) is 22.0 Å². The predicted octanol–water partition coefficient (Wildman–Crippen LogP) is 7.42. The Morgan fingerprint density at radius 1 is 0.562 bits per heavy atom. The van der Waals surface area contributed by atoms with Crippen LogP contribution in [0.1, 0.15) is 16.7 Å². The molecule has 0 amide bonds. The molecule has 0 bridgehead atoms. The fourth-order valence-corrected chi connectivity index (χ4v) is 3.37. The van der Waals surface area contributed by atoms with Gasteiger partial charge in [0.1, 0.15) is 11.6 Å². The summed E-state index contributed by atoms with van der Waals surface area (Å²) < 4.78 is 69.3.